The number of amides is 1. The van der Waals surface area contributed by atoms with E-state index in [1.165, 1.54) is 11.8 Å². The molecule has 1 saturated heterocycles. The molecule has 0 radical (unpaired) electrons. The highest BCUT2D eigenvalue weighted by atomic mass is 32.2. The van der Waals surface area contributed by atoms with Gasteiger partial charge in [0.05, 0.1) is 18.0 Å². The van der Waals surface area contributed by atoms with Crippen molar-refractivity contribution in [3.8, 4) is 23.0 Å². The molecule has 0 bridgehead atoms. The Labute approximate surface area is 154 Å². The van der Waals surface area contributed by atoms with Crippen LogP contribution in [0.25, 0.3) is 11.5 Å². The van der Waals surface area contributed by atoms with Gasteiger partial charge in [0.25, 0.3) is 5.22 Å². The maximum Gasteiger partial charge on any atom is 0.277 e. The molecule has 0 N–H and O–H groups in total. The van der Waals surface area contributed by atoms with Crippen molar-refractivity contribution < 1.29 is 23.4 Å². The lowest BCUT2D eigenvalue weighted by atomic mass is 10.2. The molecule has 3 heterocycles. The lowest BCUT2D eigenvalue weighted by molar-refractivity contribution is -0.140. The fraction of sp³-hybridized carbons (Fsp3) is 0.471. The number of carbonyl (C=O) groups excluding carboxylic acids is 1. The molecular formula is C17H19N3O5S. The normalized spacial score (nSPS) is 21.8. The van der Waals surface area contributed by atoms with Gasteiger partial charge < -0.3 is 23.5 Å². The average molecular weight is 377 g/mol. The van der Waals surface area contributed by atoms with Crippen molar-refractivity contribution >= 4 is 17.7 Å². The Morgan fingerprint density at radius 3 is 2.77 bits per heavy atom. The average Bonchev–Trinajstić information content (AvgIpc) is 3.27. The van der Waals surface area contributed by atoms with Crippen molar-refractivity contribution in [2.45, 2.75) is 31.3 Å². The van der Waals surface area contributed by atoms with Crippen molar-refractivity contribution in [3.63, 3.8) is 0 Å². The van der Waals surface area contributed by atoms with E-state index >= 15 is 0 Å². The zero-order chi connectivity index (χ0) is 18.1. The quantitative estimate of drug-likeness (QED) is 0.750. The molecule has 2 aliphatic heterocycles. The van der Waals surface area contributed by atoms with E-state index in [4.69, 9.17) is 18.6 Å². The van der Waals surface area contributed by atoms with Gasteiger partial charge in [0, 0.05) is 18.7 Å². The zero-order valence-electron chi connectivity index (χ0n) is 14.5. The van der Waals surface area contributed by atoms with E-state index in [0.717, 1.165) is 5.56 Å². The van der Waals surface area contributed by atoms with Crippen LogP contribution in [0.3, 0.4) is 0 Å². The molecule has 2 aliphatic rings. The van der Waals surface area contributed by atoms with Crippen LogP contribution in [-0.2, 0) is 9.53 Å². The second kappa shape index (κ2) is 7.16. The molecule has 0 saturated carbocycles. The lowest BCUT2D eigenvalue weighted by Gasteiger charge is -2.35. The Balaban J connectivity index is 1.37. The summed E-state index contributed by atoms with van der Waals surface area (Å²) in [7, 11) is 0. The summed E-state index contributed by atoms with van der Waals surface area (Å²) >= 11 is 1.24. The van der Waals surface area contributed by atoms with Crippen LogP contribution in [0, 0.1) is 0 Å². The van der Waals surface area contributed by atoms with E-state index in [2.05, 4.69) is 10.2 Å². The highest BCUT2D eigenvalue weighted by molar-refractivity contribution is 7.99. The van der Waals surface area contributed by atoms with Crippen LogP contribution in [-0.4, -0.2) is 58.8 Å². The second-order valence-corrected chi connectivity index (χ2v) is 7.21. The first-order chi connectivity index (χ1) is 12.6. The summed E-state index contributed by atoms with van der Waals surface area (Å²) < 4.78 is 22.0. The van der Waals surface area contributed by atoms with Crippen LogP contribution in [0.4, 0.5) is 0 Å². The number of nitrogens with zero attached hydrogens (tertiary/aromatic N) is 3. The van der Waals surface area contributed by atoms with Gasteiger partial charge in [0.2, 0.25) is 18.6 Å². The van der Waals surface area contributed by atoms with Crippen LogP contribution >= 0.6 is 11.8 Å². The minimum Gasteiger partial charge on any atom is -0.454 e. The molecule has 8 nitrogen and oxygen atoms in total. The van der Waals surface area contributed by atoms with E-state index in [1.54, 1.807) is 12.1 Å². The number of morpholine rings is 1. The summed E-state index contributed by atoms with van der Waals surface area (Å²) in [5, 5.41) is 8.42. The Hall–Kier alpha value is -2.26. The third-order valence-electron chi connectivity index (χ3n) is 4.12. The molecule has 2 unspecified atom stereocenters. The minimum atomic E-state index is 0.0415. The largest absolute Gasteiger partial charge is 0.454 e. The fourth-order valence-electron chi connectivity index (χ4n) is 3.01. The molecule has 0 spiro atoms. The molecule has 26 heavy (non-hydrogen) atoms. The maximum absolute atomic E-state index is 12.4. The first-order valence-electron chi connectivity index (χ1n) is 8.38. The maximum atomic E-state index is 12.4. The number of benzene rings is 1. The van der Waals surface area contributed by atoms with Crippen molar-refractivity contribution in [2.24, 2.45) is 0 Å². The van der Waals surface area contributed by atoms with Crippen molar-refractivity contribution in [3.05, 3.63) is 18.2 Å². The van der Waals surface area contributed by atoms with Crippen molar-refractivity contribution in [1.29, 1.82) is 0 Å². The van der Waals surface area contributed by atoms with Gasteiger partial charge >= 0.3 is 0 Å². The third kappa shape index (κ3) is 3.63. The van der Waals surface area contributed by atoms with Crippen LogP contribution in [0.15, 0.2) is 27.8 Å². The van der Waals surface area contributed by atoms with Gasteiger partial charge in [-0.05, 0) is 32.0 Å². The van der Waals surface area contributed by atoms with Gasteiger partial charge in [-0.1, -0.05) is 11.8 Å². The van der Waals surface area contributed by atoms with Gasteiger partial charge in [-0.3, -0.25) is 4.79 Å². The van der Waals surface area contributed by atoms with Gasteiger partial charge in [0.15, 0.2) is 11.5 Å². The molecule has 138 valence electrons. The van der Waals surface area contributed by atoms with E-state index < -0.39 is 0 Å². The standard InChI is InChI=1S/C17H19N3O5S/c1-10-6-20(7-11(2)24-10)15(21)8-26-17-19-18-16(25-17)12-3-4-13-14(5-12)23-9-22-13/h3-5,10-11H,6-9H2,1-2H3. The molecule has 9 heteroatoms. The summed E-state index contributed by atoms with van der Waals surface area (Å²) in [6.45, 7) is 5.37. The number of hydrogen-bond acceptors (Lipinski definition) is 8. The van der Waals surface area contributed by atoms with E-state index in [9.17, 15) is 4.79 Å². The first-order valence-corrected chi connectivity index (χ1v) is 9.36. The minimum absolute atomic E-state index is 0.0415. The fourth-order valence-corrected chi connectivity index (χ4v) is 3.68. The highest BCUT2D eigenvalue weighted by Crippen LogP contribution is 2.36. The second-order valence-electron chi connectivity index (χ2n) is 6.29. The topological polar surface area (TPSA) is 86.9 Å². The summed E-state index contributed by atoms with van der Waals surface area (Å²) in [5.74, 6) is 2.03. The van der Waals surface area contributed by atoms with Crippen LogP contribution in [0.5, 0.6) is 11.5 Å². The van der Waals surface area contributed by atoms with Gasteiger partial charge in [-0.15, -0.1) is 10.2 Å². The summed E-state index contributed by atoms with van der Waals surface area (Å²) in [6, 6.07) is 5.43. The predicted molar refractivity (Wildman–Crippen MR) is 93.2 cm³/mol. The smallest absolute Gasteiger partial charge is 0.277 e. The van der Waals surface area contributed by atoms with Crippen molar-refractivity contribution in [2.75, 3.05) is 25.6 Å². The predicted octanol–water partition coefficient (Wildman–Crippen LogP) is 2.19. The van der Waals surface area contributed by atoms with E-state index in [0.29, 0.717) is 35.7 Å². The number of fused-ring (bicyclic) bond motifs is 1. The molecule has 0 aliphatic carbocycles. The number of carbonyl (C=O) groups is 1. The van der Waals surface area contributed by atoms with Gasteiger partial charge in [0.1, 0.15) is 0 Å². The summed E-state index contributed by atoms with van der Waals surface area (Å²) in [4.78, 5) is 14.2. The van der Waals surface area contributed by atoms with Crippen molar-refractivity contribution in [1.82, 2.24) is 15.1 Å². The molecule has 1 aromatic heterocycles. The zero-order valence-corrected chi connectivity index (χ0v) is 15.3. The number of rotatable bonds is 4. The van der Waals surface area contributed by atoms with Crippen LogP contribution in [0.2, 0.25) is 0 Å². The van der Waals surface area contributed by atoms with Crippen LogP contribution in [0.1, 0.15) is 13.8 Å². The number of thioether (sulfide) groups is 1. The monoisotopic (exact) mass is 377 g/mol. The highest BCUT2D eigenvalue weighted by Gasteiger charge is 2.26. The van der Waals surface area contributed by atoms with Gasteiger partial charge in [-0.2, -0.15) is 0 Å². The summed E-state index contributed by atoms with van der Waals surface area (Å²) in [6.07, 6.45) is 0.0995. The molecule has 1 amide bonds. The van der Waals surface area contributed by atoms with E-state index in [1.807, 2.05) is 24.8 Å². The summed E-state index contributed by atoms with van der Waals surface area (Å²) in [5.41, 5.74) is 0.746. The molecule has 4 rings (SSSR count). The van der Waals surface area contributed by atoms with E-state index in [-0.39, 0.29) is 30.7 Å². The Bertz CT molecular complexity index is 801. The molecule has 2 aromatic rings. The Morgan fingerprint density at radius 1 is 1.19 bits per heavy atom. The number of ether oxygens (including phenoxy) is 3. The Kier molecular flexibility index (Phi) is 4.73. The molecule has 1 fully saturated rings. The third-order valence-corrected chi connectivity index (χ3v) is 4.92. The Morgan fingerprint density at radius 2 is 1.96 bits per heavy atom. The molecule has 1 aromatic carbocycles. The number of hydrogen-bond donors (Lipinski definition) is 0. The SMILES string of the molecule is CC1CN(C(=O)CSc2nnc(-c3ccc4c(c3)OCO4)o2)CC(C)O1. The number of aromatic nitrogens is 2. The first kappa shape index (κ1) is 17.2. The lowest BCUT2D eigenvalue weighted by Crippen LogP contribution is -2.48. The van der Waals surface area contributed by atoms with Crippen LogP contribution < -0.4 is 9.47 Å². The van der Waals surface area contributed by atoms with Gasteiger partial charge in [-0.25, -0.2) is 0 Å². The molecule has 2 atom stereocenters. The molecular weight excluding hydrogens is 358 g/mol.